The SMILES string of the molecule is Cc1nnc(N2CCC3(CCN(C)CC3)C2)c2ccccc12. The van der Waals surface area contributed by atoms with E-state index in [1.165, 1.54) is 43.1 Å². The third-order valence-corrected chi connectivity index (χ3v) is 5.64. The van der Waals surface area contributed by atoms with Gasteiger partial charge in [0.2, 0.25) is 0 Å². The molecule has 116 valence electrons. The van der Waals surface area contributed by atoms with Crippen molar-refractivity contribution in [3.05, 3.63) is 30.0 Å². The zero-order valence-corrected chi connectivity index (χ0v) is 13.5. The van der Waals surface area contributed by atoms with Gasteiger partial charge in [0.05, 0.1) is 5.69 Å². The molecule has 0 saturated carbocycles. The molecule has 0 radical (unpaired) electrons. The molecular formula is C18H24N4. The smallest absolute Gasteiger partial charge is 0.159 e. The van der Waals surface area contributed by atoms with E-state index in [-0.39, 0.29) is 0 Å². The van der Waals surface area contributed by atoms with Gasteiger partial charge in [-0.25, -0.2) is 0 Å². The highest BCUT2D eigenvalue weighted by molar-refractivity contribution is 5.93. The number of likely N-dealkylation sites (tertiary alicyclic amines) is 1. The Bertz CT molecular complexity index is 689. The molecular weight excluding hydrogens is 272 g/mol. The molecule has 1 aromatic heterocycles. The predicted molar refractivity (Wildman–Crippen MR) is 90.3 cm³/mol. The molecule has 4 heteroatoms. The average molecular weight is 296 g/mol. The van der Waals surface area contributed by atoms with Gasteiger partial charge in [-0.1, -0.05) is 24.3 Å². The second kappa shape index (κ2) is 5.20. The quantitative estimate of drug-likeness (QED) is 0.810. The van der Waals surface area contributed by atoms with Gasteiger partial charge in [0.25, 0.3) is 0 Å². The topological polar surface area (TPSA) is 32.3 Å². The molecule has 2 aliphatic heterocycles. The number of aryl methyl sites for hydroxylation is 1. The number of hydrogen-bond acceptors (Lipinski definition) is 4. The third-order valence-electron chi connectivity index (χ3n) is 5.64. The number of rotatable bonds is 1. The van der Waals surface area contributed by atoms with Crippen molar-refractivity contribution in [2.45, 2.75) is 26.2 Å². The van der Waals surface area contributed by atoms with E-state index in [9.17, 15) is 0 Å². The van der Waals surface area contributed by atoms with Crippen molar-refractivity contribution in [2.24, 2.45) is 5.41 Å². The number of aromatic nitrogens is 2. The molecule has 4 nitrogen and oxygen atoms in total. The van der Waals surface area contributed by atoms with Crippen LogP contribution in [0.2, 0.25) is 0 Å². The third kappa shape index (κ3) is 2.26. The molecule has 0 unspecified atom stereocenters. The van der Waals surface area contributed by atoms with Gasteiger partial charge >= 0.3 is 0 Å². The van der Waals surface area contributed by atoms with Gasteiger partial charge in [-0.15, -0.1) is 5.10 Å². The summed E-state index contributed by atoms with van der Waals surface area (Å²) in [7, 11) is 2.23. The highest BCUT2D eigenvalue weighted by Gasteiger charge is 2.40. The minimum Gasteiger partial charge on any atom is -0.354 e. The van der Waals surface area contributed by atoms with Crippen molar-refractivity contribution in [2.75, 3.05) is 38.1 Å². The Hall–Kier alpha value is -1.68. The van der Waals surface area contributed by atoms with Gasteiger partial charge in [0.15, 0.2) is 5.82 Å². The summed E-state index contributed by atoms with van der Waals surface area (Å²) >= 11 is 0. The minimum absolute atomic E-state index is 0.500. The van der Waals surface area contributed by atoms with Crippen molar-refractivity contribution in [1.29, 1.82) is 0 Å². The number of anilines is 1. The molecule has 2 aromatic rings. The molecule has 22 heavy (non-hydrogen) atoms. The number of benzene rings is 1. The van der Waals surface area contributed by atoms with Crippen LogP contribution in [0.1, 0.15) is 25.0 Å². The summed E-state index contributed by atoms with van der Waals surface area (Å²) in [5.74, 6) is 1.08. The van der Waals surface area contributed by atoms with E-state index in [0.717, 1.165) is 24.6 Å². The molecule has 0 N–H and O–H groups in total. The van der Waals surface area contributed by atoms with Crippen LogP contribution in [0.4, 0.5) is 5.82 Å². The van der Waals surface area contributed by atoms with E-state index in [1.54, 1.807) is 0 Å². The van der Waals surface area contributed by atoms with E-state index in [1.807, 2.05) is 6.92 Å². The van der Waals surface area contributed by atoms with Crippen LogP contribution in [0.15, 0.2) is 24.3 Å². The van der Waals surface area contributed by atoms with Crippen LogP contribution in [-0.2, 0) is 0 Å². The molecule has 2 fully saturated rings. The fourth-order valence-electron chi connectivity index (χ4n) is 4.07. The highest BCUT2D eigenvalue weighted by atomic mass is 15.3. The van der Waals surface area contributed by atoms with E-state index in [4.69, 9.17) is 0 Å². The van der Waals surface area contributed by atoms with Crippen LogP contribution in [-0.4, -0.2) is 48.3 Å². The lowest BCUT2D eigenvalue weighted by atomic mass is 9.78. The summed E-state index contributed by atoms with van der Waals surface area (Å²) in [6, 6.07) is 8.54. The first-order valence-corrected chi connectivity index (χ1v) is 8.32. The Labute approximate surface area is 132 Å². The Morgan fingerprint density at radius 3 is 2.41 bits per heavy atom. The Kier molecular flexibility index (Phi) is 3.30. The molecule has 1 aromatic carbocycles. The van der Waals surface area contributed by atoms with Gasteiger partial charge in [-0.3, -0.25) is 0 Å². The normalized spacial score (nSPS) is 21.8. The lowest BCUT2D eigenvalue weighted by Crippen LogP contribution is -2.39. The molecule has 4 rings (SSSR count). The Morgan fingerprint density at radius 1 is 0.955 bits per heavy atom. The molecule has 3 heterocycles. The molecule has 0 atom stereocenters. The Morgan fingerprint density at radius 2 is 1.64 bits per heavy atom. The molecule has 2 aliphatic rings. The maximum Gasteiger partial charge on any atom is 0.159 e. The Balaban J connectivity index is 1.65. The summed E-state index contributed by atoms with van der Waals surface area (Å²) in [5, 5.41) is 11.4. The minimum atomic E-state index is 0.500. The summed E-state index contributed by atoms with van der Waals surface area (Å²) < 4.78 is 0. The summed E-state index contributed by atoms with van der Waals surface area (Å²) in [4.78, 5) is 4.93. The van der Waals surface area contributed by atoms with Crippen molar-refractivity contribution in [3.63, 3.8) is 0 Å². The molecule has 0 bridgehead atoms. The van der Waals surface area contributed by atoms with E-state index in [0.29, 0.717) is 5.41 Å². The second-order valence-electron chi connectivity index (χ2n) is 7.13. The second-order valence-corrected chi connectivity index (χ2v) is 7.13. The fourth-order valence-corrected chi connectivity index (χ4v) is 4.07. The largest absolute Gasteiger partial charge is 0.354 e. The van der Waals surface area contributed by atoms with E-state index in [2.05, 4.69) is 51.3 Å². The fraction of sp³-hybridized carbons (Fsp3) is 0.556. The molecule has 2 saturated heterocycles. The highest BCUT2D eigenvalue weighted by Crippen LogP contribution is 2.42. The van der Waals surface area contributed by atoms with Crippen molar-refractivity contribution in [3.8, 4) is 0 Å². The number of fused-ring (bicyclic) bond motifs is 1. The molecule has 1 spiro atoms. The summed E-state index contributed by atoms with van der Waals surface area (Å²) in [6.07, 6.45) is 3.93. The molecule has 0 amide bonds. The van der Waals surface area contributed by atoms with Crippen LogP contribution in [0, 0.1) is 12.3 Å². The zero-order chi connectivity index (χ0) is 15.2. The van der Waals surface area contributed by atoms with Gasteiger partial charge in [-0.2, -0.15) is 5.10 Å². The van der Waals surface area contributed by atoms with E-state index >= 15 is 0 Å². The van der Waals surface area contributed by atoms with Crippen molar-refractivity contribution in [1.82, 2.24) is 15.1 Å². The van der Waals surface area contributed by atoms with Crippen LogP contribution in [0.25, 0.3) is 10.8 Å². The lowest BCUT2D eigenvalue weighted by molar-refractivity contribution is 0.142. The maximum absolute atomic E-state index is 4.55. The van der Waals surface area contributed by atoms with Gasteiger partial charge in [-0.05, 0) is 51.7 Å². The first-order chi connectivity index (χ1) is 10.7. The monoisotopic (exact) mass is 296 g/mol. The lowest BCUT2D eigenvalue weighted by Gasteiger charge is -2.37. The average Bonchev–Trinajstić information content (AvgIpc) is 2.95. The van der Waals surface area contributed by atoms with Gasteiger partial charge < -0.3 is 9.80 Å². The standard InChI is InChI=1S/C18H24N4/c1-14-15-5-3-4-6-16(15)17(20-19-14)22-12-9-18(13-22)7-10-21(2)11-8-18/h3-6H,7-13H2,1-2H3. The zero-order valence-electron chi connectivity index (χ0n) is 13.5. The van der Waals surface area contributed by atoms with Crippen LogP contribution in [0.3, 0.4) is 0 Å². The summed E-state index contributed by atoms with van der Waals surface area (Å²) in [5.41, 5.74) is 1.52. The van der Waals surface area contributed by atoms with Crippen LogP contribution < -0.4 is 4.90 Å². The molecule has 0 aliphatic carbocycles. The number of nitrogens with zero attached hydrogens (tertiary/aromatic N) is 4. The van der Waals surface area contributed by atoms with Crippen LogP contribution in [0.5, 0.6) is 0 Å². The number of hydrogen-bond donors (Lipinski definition) is 0. The van der Waals surface area contributed by atoms with Crippen molar-refractivity contribution < 1.29 is 0 Å². The summed E-state index contributed by atoms with van der Waals surface area (Å²) in [6.45, 7) is 6.76. The predicted octanol–water partition coefficient (Wildman–Crippen LogP) is 2.86. The number of piperidine rings is 1. The van der Waals surface area contributed by atoms with Crippen molar-refractivity contribution >= 4 is 16.6 Å². The van der Waals surface area contributed by atoms with Gasteiger partial charge in [0.1, 0.15) is 0 Å². The first kappa shape index (κ1) is 13.9. The van der Waals surface area contributed by atoms with Crippen LogP contribution >= 0.6 is 0 Å². The van der Waals surface area contributed by atoms with Gasteiger partial charge in [0, 0.05) is 23.9 Å². The van der Waals surface area contributed by atoms with E-state index < -0.39 is 0 Å². The maximum atomic E-state index is 4.55. The first-order valence-electron chi connectivity index (χ1n) is 8.32.